The number of aryl methyl sites for hydroxylation is 1. The van der Waals surface area contributed by atoms with Crippen molar-refractivity contribution in [3.63, 3.8) is 0 Å². The Balaban J connectivity index is 1.18. The monoisotopic (exact) mass is 1630 g/mol. The number of carboxylic acid groups (broad SMARTS) is 4. The van der Waals surface area contributed by atoms with E-state index in [4.69, 9.17) is 19.6 Å². The molecule has 3 aromatic rings. The number of phenolic OH excluding ortho intramolecular Hbond substituents is 1. The number of likely N-dealkylation sites (tertiary alicyclic amines) is 1. The summed E-state index contributed by atoms with van der Waals surface area (Å²) in [6.07, 6.45) is 3.20. The van der Waals surface area contributed by atoms with Gasteiger partial charge in [-0.3, -0.25) is 58.3 Å². The third-order valence-corrected chi connectivity index (χ3v) is 21.6. The molecular weight excluding hydrogens is 1520 g/mol. The quantitative estimate of drug-likeness (QED) is 0.0156. The van der Waals surface area contributed by atoms with Crippen LogP contribution in [0.25, 0.3) is 0 Å². The second-order valence-corrected chi connectivity index (χ2v) is 31.5. The number of carboxylic acids is 4. The summed E-state index contributed by atoms with van der Waals surface area (Å²) in [7, 11) is 4.43. The van der Waals surface area contributed by atoms with Gasteiger partial charge in [0.1, 0.15) is 48.9 Å². The van der Waals surface area contributed by atoms with Gasteiger partial charge in [0, 0.05) is 80.0 Å². The molecule has 4 rings (SSSR count). The molecule has 2 heterocycles. The number of nitrogens with zero attached hydrogens (tertiary/aromatic N) is 3. The molecule has 38 heteroatoms. The van der Waals surface area contributed by atoms with Gasteiger partial charge in [0.25, 0.3) is 5.91 Å². The number of amides is 12. The number of aromatic nitrogens is 1. The molecule has 1 saturated heterocycles. The minimum atomic E-state index is -1.71. The van der Waals surface area contributed by atoms with Gasteiger partial charge in [0.05, 0.1) is 30.3 Å². The Bertz CT molecular complexity index is 3560. The maximum Gasteiger partial charge on any atom is 0.426 e. The van der Waals surface area contributed by atoms with E-state index < -0.39 is 127 Å². The molecule has 622 valence electrons. The molecule has 16 N–H and O–H groups in total. The van der Waals surface area contributed by atoms with E-state index in [9.17, 15) is 87.5 Å². The van der Waals surface area contributed by atoms with E-state index in [1.54, 1.807) is 60.5 Å². The molecule has 1 fully saturated rings. The fourth-order valence-corrected chi connectivity index (χ4v) is 14.4. The molecule has 0 aliphatic carbocycles. The number of hydrogen-bond donors (Lipinski definition) is 16. The summed E-state index contributed by atoms with van der Waals surface area (Å²) in [6, 6.07) is 4.46. The van der Waals surface area contributed by atoms with E-state index in [-0.39, 0.29) is 117 Å². The second kappa shape index (κ2) is 51.2. The Morgan fingerprint density at radius 2 is 1.34 bits per heavy atom. The molecule has 0 radical (unpaired) electrons. The highest BCUT2D eigenvalue weighted by Gasteiger charge is 2.38. The molecule has 1 aliphatic heterocycles. The molecule has 0 spiro atoms. The topological polar surface area (TPSA) is 510 Å². The molecule has 1 aromatic heterocycles. The van der Waals surface area contributed by atoms with Crippen molar-refractivity contribution in [2.75, 3.05) is 58.1 Å². The van der Waals surface area contributed by atoms with E-state index in [2.05, 4.69) is 58.7 Å². The summed E-state index contributed by atoms with van der Waals surface area (Å²) in [5, 5.41) is 73.0. The fourth-order valence-electron chi connectivity index (χ4n) is 11.9. The normalized spacial score (nSPS) is 15.1. The van der Waals surface area contributed by atoms with Crippen molar-refractivity contribution < 1.29 is 102 Å². The number of benzene rings is 2. The average molecular weight is 1630 g/mol. The van der Waals surface area contributed by atoms with E-state index in [1.807, 2.05) is 46.6 Å². The second-order valence-electron chi connectivity index (χ2n) is 27.9. The predicted molar refractivity (Wildman–Crippen MR) is 418 cm³/mol. The Hall–Kier alpha value is -9.53. The van der Waals surface area contributed by atoms with Gasteiger partial charge in [-0.05, 0) is 125 Å². The molecule has 12 amide bonds. The molecule has 0 bridgehead atoms. The summed E-state index contributed by atoms with van der Waals surface area (Å²) in [6.45, 7) is 14.9. The Labute approximate surface area is 664 Å². The van der Waals surface area contributed by atoms with E-state index in [0.717, 1.165) is 37.8 Å². The van der Waals surface area contributed by atoms with E-state index >= 15 is 0 Å². The number of aliphatic carboxylic acids is 4. The zero-order valence-electron chi connectivity index (χ0n) is 64.8. The molecule has 3 unspecified atom stereocenters. The van der Waals surface area contributed by atoms with Gasteiger partial charge < -0.3 is 87.8 Å². The van der Waals surface area contributed by atoms with Crippen LogP contribution in [0.2, 0.25) is 0 Å². The standard InChI is InChI=1S/C74H112N14O21S3/c1-9-32-108-43-88(70(102)64(45(5)10-2)84-69(101)58-16-12-14-31-87(58)8)57(44(3)4)26-27-60-81-56(42-110-60)68(100)79-51(37-48-21-23-52(89)24-22-48)36-46(6)65(97)85-86-74(107)109-33-35-112-111-34-30-75-66(98)54(39-62(93)94)82-67(99)55(40-63(95)96)80-59(90)38-49-17-19-50(20-18-49)41-77-72(105)76-29-13-11-15-47(7)78-73(106)83-53(71(103)104)25-28-61(91)92/h17-24,42,44-47,51,53-55,57-58,64,89H,9-16,25-41,43H2,1-8H3,(H,75,98)(H,79,100)(H,80,90)(H,82,99)(H,84,101)(H,85,97)(H,86,107)(H,91,92)(H,93,94)(H,95,96)(H,103,104)(H2,76,77,105)(H2,78,83,106)/t45?,46-,47+,51+,53-,54-,55?,57+,58?,64-/m0/s1. The zero-order chi connectivity index (χ0) is 82.8. The van der Waals surface area contributed by atoms with Crippen molar-refractivity contribution in [2.45, 2.75) is 212 Å². The number of phenols is 1. The number of unbranched alkanes of at least 4 members (excludes halogenated alkanes) is 1. The van der Waals surface area contributed by atoms with Gasteiger partial charge in [0.2, 0.25) is 35.4 Å². The smallest absolute Gasteiger partial charge is 0.426 e. The van der Waals surface area contributed by atoms with Crippen LogP contribution in [0.3, 0.4) is 0 Å². The number of hydrogen-bond acceptors (Lipinski definition) is 22. The maximum atomic E-state index is 14.7. The van der Waals surface area contributed by atoms with Crippen LogP contribution in [0.1, 0.15) is 171 Å². The minimum Gasteiger partial charge on any atom is -0.508 e. The van der Waals surface area contributed by atoms with Gasteiger partial charge in [0.15, 0.2) is 0 Å². The van der Waals surface area contributed by atoms with Crippen molar-refractivity contribution in [3.05, 3.63) is 81.3 Å². The Morgan fingerprint density at radius 3 is 1.98 bits per heavy atom. The van der Waals surface area contributed by atoms with Crippen LogP contribution in [0.5, 0.6) is 5.75 Å². The van der Waals surface area contributed by atoms with Crippen LogP contribution in [0, 0.1) is 17.8 Å². The number of hydrazine groups is 1. The van der Waals surface area contributed by atoms with Gasteiger partial charge in [-0.2, -0.15) is 0 Å². The molecule has 112 heavy (non-hydrogen) atoms. The van der Waals surface area contributed by atoms with E-state index in [0.29, 0.717) is 67.8 Å². The third-order valence-electron chi connectivity index (χ3n) is 18.3. The van der Waals surface area contributed by atoms with Gasteiger partial charge in [-0.1, -0.05) is 112 Å². The lowest BCUT2D eigenvalue weighted by Crippen LogP contribution is -2.59. The van der Waals surface area contributed by atoms with Crippen LogP contribution in [-0.2, 0) is 83.2 Å². The SMILES string of the molecule is CCCOCN(C(=O)[C@@H](NC(=O)C1CCCCN1C)C(C)CC)[C@H](CCc1nc(C(=O)N[C@@H](Cc2ccc(O)cc2)C[C@H](C)C(=O)NNC(=O)OCCSSCCNC(=O)[C@H](CC(=O)O)NC(=O)C(CC(=O)O)NC(=O)Cc2ccc(CNC(=O)NCCCC[C@@H](C)NC(=O)N[C@@H](CCC(=O)O)C(=O)O)cc2)cs1)C(C)C. The summed E-state index contributed by atoms with van der Waals surface area (Å²) >= 11 is 1.30. The largest absolute Gasteiger partial charge is 0.508 e. The maximum absolute atomic E-state index is 14.7. The first kappa shape index (κ1) is 94.8. The summed E-state index contributed by atoms with van der Waals surface area (Å²) in [5.74, 6) is -10.2. The third kappa shape index (κ3) is 36.7. The number of carbonyl (C=O) groups excluding carboxylic acids is 10. The van der Waals surface area contributed by atoms with Gasteiger partial charge in [-0.25, -0.2) is 29.6 Å². The number of likely N-dealkylation sites (N-methyl/N-ethyl adjacent to an activating group) is 1. The molecule has 2 aromatic carbocycles. The van der Waals surface area contributed by atoms with Crippen LogP contribution < -0.4 is 58.7 Å². The lowest BCUT2D eigenvalue weighted by atomic mass is 9.93. The number of urea groups is 2. The van der Waals surface area contributed by atoms with Crippen LogP contribution in [0.15, 0.2) is 53.9 Å². The molecular formula is C74H112N14O21S3. The number of thiazole rings is 1. The van der Waals surface area contributed by atoms with Crippen molar-refractivity contribution in [3.8, 4) is 5.75 Å². The first-order valence-electron chi connectivity index (χ1n) is 37.6. The minimum absolute atomic E-state index is 0.0155. The summed E-state index contributed by atoms with van der Waals surface area (Å²) < 4.78 is 11.2. The fraction of sp³-hybridized carbons (Fsp3) is 0.608. The summed E-state index contributed by atoms with van der Waals surface area (Å²) in [4.78, 5) is 187. The van der Waals surface area contributed by atoms with Crippen molar-refractivity contribution in [1.29, 1.82) is 0 Å². The number of nitrogens with one attached hydrogen (secondary N) is 11. The highest BCUT2D eigenvalue weighted by atomic mass is 33.1. The number of rotatable bonds is 51. The van der Waals surface area contributed by atoms with Gasteiger partial charge >= 0.3 is 42.0 Å². The number of carbonyl (C=O) groups is 14. The zero-order valence-corrected chi connectivity index (χ0v) is 67.2. The van der Waals surface area contributed by atoms with Gasteiger partial charge in [-0.15, -0.1) is 11.3 Å². The van der Waals surface area contributed by atoms with Crippen LogP contribution >= 0.6 is 32.9 Å². The lowest BCUT2D eigenvalue weighted by Gasteiger charge is -2.39. The predicted octanol–water partition coefficient (Wildman–Crippen LogP) is 4.79. The first-order chi connectivity index (χ1) is 53.3. The molecule has 0 saturated carbocycles. The molecule has 35 nitrogen and oxygen atoms in total. The number of piperidine rings is 1. The van der Waals surface area contributed by atoms with Crippen molar-refractivity contribution in [2.24, 2.45) is 17.8 Å². The van der Waals surface area contributed by atoms with Crippen molar-refractivity contribution >= 4 is 116 Å². The molecule has 10 atom stereocenters. The van der Waals surface area contributed by atoms with E-state index in [1.165, 1.54) is 45.1 Å². The number of ether oxygens (including phenoxy) is 2. The molecule has 1 aliphatic rings. The first-order valence-corrected chi connectivity index (χ1v) is 40.9. The highest BCUT2D eigenvalue weighted by molar-refractivity contribution is 8.76. The van der Waals surface area contributed by atoms with Crippen molar-refractivity contribution in [1.82, 2.24) is 73.5 Å². The number of aromatic hydroxyl groups is 1. The Kier molecular flexibility index (Phi) is 43.3. The lowest BCUT2D eigenvalue weighted by molar-refractivity contribution is -0.148. The average Bonchev–Trinajstić information content (AvgIpc) is 0.998. The van der Waals surface area contributed by atoms with Crippen LogP contribution in [0.4, 0.5) is 14.4 Å². The highest BCUT2D eigenvalue weighted by Crippen LogP contribution is 2.26. The summed E-state index contributed by atoms with van der Waals surface area (Å²) in [5.41, 5.74) is 6.58. The van der Waals surface area contributed by atoms with Crippen LogP contribution in [-0.4, -0.2) is 230 Å². The Morgan fingerprint density at radius 1 is 0.670 bits per heavy atom.